The molecule has 2 N–H and O–H groups in total. The average Bonchev–Trinajstić information content (AvgIpc) is 2.47. The van der Waals surface area contributed by atoms with Gasteiger partial charge < -0.3 is 15.3 Å². The maximum Gasteiger partial charge on any atom is 0.224 e. The molecular weight excluding hydrogens is 288 g/mol. The number of hydrogen-bond donors (Lipinski definition) is 2. The lowest BCUT2D eigenvalue weighted by atomic mass is 9.97. The summed E-state index contributed by atoms with van der Waals surface area (Å²) in [7, 11) is 0. The largest absolute Gasteiger partial charge is 0.392 e. The third-order valence-electron chi connectivity index (χ3n) is 4.63. The Morgan fingerprint density at radius 1 is 1.30 bits per heavy atom. The van der Waals surface area contributed by atoms with Gasteiger partial charge in [0.15, 0.2) is 0 Å². The summed E-state index contributed by atoms with van der Waals surface area (Å²) in [6.07, 6.45) is 3.21. The van der Waals surface area contributed by atoms with Gasteiger partial charge in [0.1, 0.15) is 0 Å². The smallest absolute Gasteiger partial charge is 0.224 e. The summed E-state index contributed by atoms with van der Waals surface area (Å²) >= 11 is 0. The van der Waals surface area contributed by atoms with E-state index in [1.165, 1.54) is 16.7 Å². The van der Waals surface area contributed by atoms with E-state index in [0.29, 0.717) is 13.0 Å². The molecule has 0 aliphatic carbocycles. The van der Waals surface area contributed by atoms with Gasteiger partial charge in [-0.2, -0.15) is 0 Å². The number of amides is 1. The van der Waals surface area contributed by atoms with Crippen LogP contribution in [0, 0.1) is 20.8 Å². The zero-order valence-corrected chi connectivity index (χ0v) is 14.7. The maximum atomic E-state index is 12.1. The predicted molar refractivity (Wildman–Crippen MR) is 93.7 cm³/mol. The predicted octanol–water partition coefficient (Wildman–Crippen LogP) is 2.12. The van der Waals surface area contributed by atoms with Gasteiger partial charge in [-0.1, -0.05) is 17.7 Å². The molecule has 1 atom stereocenters. The van der Waals surface area contributed by atoms with Crippen molar-refractivity contribution in [3.05, 3.63) is 34.4 Å². The molecule has 1 aromatic carbocycles. The molecule has 1 fully saturated rings. The van der Waals surface area contributed by atoms with Gasteiger partial charge in [0, 0.05) is 13.1 Å². The summed E-state index contributed by atoms with van der Waals surface area (Å²) in [5, 5.41) is 12.7. The molecule has 1 amide bonds. The fourth-order valence-electron chi connectivity index (χ4n) is 3.48. The van der Waals surface area contributed by atoms with Crippen LogP contribution >= 0.6 is 0 Å². The number of aliphatic hydroxyl groups is 1. The second-order valence-corrected chi connectivity index (χ2v) is 6.85. The van der Waals surface area contributed by atoms with E-state index in [0.717, 1.165) is 44.5 Å². The monoisotopic (exact) mass is 318 g/mol. The number of aryl methyl sites for hydroxylation is 3. The Bertz CT molecular complexity index is 519. The zero-order chi connectivity index (χ0) is 16.8. The van der Waals surface area contributed by atoms with Crippen LogP contribution in [0.4, 0.5) is 0 Å². The molecule has 4 nitrogen and oxygen atoms in total. The number of β-amino-alcohol motifs (C(OH)–C–C–N with tert-alkyl or cyclic N) is 1. The number of hydrogen-bond acceptors (Lipinski definition) is 3. The van der Waals surface area contributed by atoms with E-state index in [-0.39, 0.29) is 12.0 Å². The molecule has 0 radical (unpaired) electrons. The van der Waals surface area contributed by atoms with Crippen LogP contribution in [0.1, 0.15) is 41.5 Å². The second-order valence-electron chi connectivity index (χ2n) is 6.85. The summed E-state index contributed by atoms with van der Waals surface area (Å²) in [5.41, 5.74) is 4.78. The lowest BCUT2D eigenvalue weighted by Crippen LogP contribution is -2.39. The Hall–Kier alpha value is -1.39. The van der Waals surface area contributed by atoms with Gasteiger partial charge in [0.2, 0.25) is 5.91 Å². The zero-order valence-electron chi connectivity index (χ0n) is 14.7. The standard InChI is InChI=1S/C19H30N2O2/c1-14-10-15(2)18(16(3)11-14)12-19(23)20-7-5-9-21-8-4-6-17(22)13-21/h10-11,17,22H,4-9,12-13H2,1-3H3,(H,20,23)/t17-/m0/s1. The van der Waals surface area contributed by atoms with Crippen molar-refractivity contribution < 1.29 is 9.90 Å². The van der Waals surface area contributed by atoms with Crippen molar-refractivity contribution in [2.24, 2.45) is 0 Å². The Morgan fingerprint density at radius 3 is 2.65 bits per heavy atom. The highest BCUT2D eigenvalue weighted by atomic mass is 16.3. The van der Waals surface area contributed by atoms with E-state index in [4.69, 9.17) is 0 Å². The van der Waals surface area contributed by atoms with Crippen LogP contribution in [0.15, 0.2) is 12.1 Å². The number of aliphatic hydroxyl groups excluding tert-OH is 1. The minimum absolute atomic E-state index is 0.0960. The van der Waals surface area contributed by atoms with Crippen LogP contribution in [0.25, 0.3) is 0 Å². The van der Waals surface area contributed by atoms with Crippen molar-refractivity contribution in [3.8, 4) is 0 Å². The number of carbonyl (C=O) groups excluding carboxylic acids is 1. The number of nitrogens with zero attached hydrogens (tertiary/aromatic N) is 1. The van der Waals surface area contributed by atoms with Gasteiger partial charge in [-0.3, -0.25) is 4.79 Å². The van der Waals surface area contributed by atoms with Crippen molar-refractivity contribution in [1.29, 1.82) is 0 Å². The fraction of sp³-hybridized carbons (Fsp3) is 0.632. The number of nitrogens with one attached hydrogen (secondary N) is 1. The molecule has 1 aromatic rings. The molecule has 1 saturated heterocycles. The SMILES string of the molecule is Cc1cc(C)c(CC(=O)NCCCN2CCC[C@H](O)C2)c(C)c1. The maximum absolute atomic E-state index is 12.1. The summed E-state index contributed by atoms with van der Waals surface area (Å²) in [4.78, 5) is 14.4. The van der Waals surface area contributed by atoms with Crippen LogP contribution in [-0.2, 0) is 11.2 Å². The molecule has 2 rings (SSSR count). The van der Waals surface area contributed by atoms with Gasteiger partial charge >= 0.3 is 0 Å². The molecule has 0 aromatic heterocycles. The molecule has 0 saturated carbocycles. The molecule has 1 heterocycles. The first-order valence-electron chi connectivity index (χ1n) is 8.69. The lowest BCUT2D eigenvalue weighted by molar-refractivity contribution is -0.120. The quantitative estimate of drug-likeness (QED) is 0.790. The molecule has 4 heteroatoms. The van der Waals surface area contributed by atoms with Crippen molar-refractivity contribution in [1.82, 2.24) is 10.2 Å². The van der Waals surface area contributed by atoms with E-state index in [2.05, 4.69) is 43.1 Å². The lowest BCUT2D eigenvalue weighted by Gasteiger charge is -2.29. The molecule has 0 unspecified atom stereocenters. The Kier molecular flexibility index (Phi) is 6.60. The van der Waals surface area contributed by atoms with Crippen molar-refractivity contribution in [2.75, 3.05) is 26.2 Å². The topological polar surface area (TPSA) is 52.6 Å². The van der Waals surface area contributed by atoms with Crippen LogP contribution in [0.5, 0.6) is 0 Å². The normalized spacial score (nSPS) is 18.9. The van der Waals surface area contributed by atoms with Crippen LogP contribution in [0.2, 0.25) is 0 Å². The van der Waals surface area contributed by atoms with Gasteiger partial charge in [-0.05, 0) is 69.8 Å². The highest BCUT2D eigenvalue weighted by molar-refractivity contribution is 5.79. The highest BCUT2D eigenvalue weighted by Gasteiger charge is 2.16. The molecule has 23 heavy (non-hydrogen) atoms. The number of piperidine rings is 1. The summed E-state index contributed by atoms with van der Waals surface area (Å²) in [5.74, 6) is 0.0960. The number of benzene rings is 1. The van der Waals surface area contributed by atoms with Gasteiger partial charge in [-0.25, -0.2) is 0 Å². The first-order valence-corrected chi connectivity index (χ1v) is 8.69. The van der Waals surface area contributed by atoms with E-state index in [9.17, 15) is 9.90 Å². The Balaban J connectivity index is 1.71. The van der Waals surface area contributed by atoms with Gasteiger partial charge in [0.05, 0.1) is 12.5 Å². The number of likely N-dealkylation sites (tertiary alicyclic amines) is 1. The highest BCUT2D eigenvalue weighted by Crippen LogP contribution is 2.17. The molecule has 0 spiro atoms. The molecule has 0 bridgehead atoms. The van der Waals surface area contributed by atoms with Crippen LogP contribution < -0.4 is 5.32 Å². The van der Waals surface area contributed by atoms with Crippen LogP contribution in [-0.4, -0.2) is 48.2 Å². The Morgan fingerprint density at radius 2 is 2.00 bits per heavy atom. The first-order chi connectivity index (χ1) is 11.0. The molecule has 1 aliphatic heterocycles. The molecule has 1 aliphatic rings. The van der Waals surface area contributed by atoms with Crippen molar-refractivity contribution >= 4 is 5.91 Å². The average molecular weight is 318 g/mol. The number of rotatable bonds is 6. The third-order valence-corrected chi connectivity index (χ3v) is 4.63. The third kappa shape index (κ3) is 5.63. The Labute approximate surface area is 139 Å². The summed E-state index contributed by atoms with van der Waals surface area (Å²) in [6.45, 7) is 9.72. The van der Waals surface area contributed by atoms with E-state index in [1.54, 1.807) is 0 Å². The van der Waals surface area contributed by atoms with Crippen molar-refractivity contribution in [3.63, 3.8) is 0 Å². The van der Waals surface area contributed by atoms with E-state index >= 15 is 0 Å². The minimum atomic E-state index is -0.175. The van der Waals surface area contributed by atoms with E-state index in [1.807, 2.05) is 0 Å². The minimum Gasteiger partial charge on any atom is -0.392 e. The van der Waals surface area contributed by atoms with Crippen molar-refractivity contribution in [2.45, 2.75) is 52.6 Å². The summed E-state index contributed by atoms with van der Waals surface area (Å²) < 4.78 is 0. The van der Waals surface area contributed by atoms with E-state index < -0.39 is 0 Å². The molecule has 128 valence electrons. The fourth-order valence-corrected chi connectivity index (χ4v) is 3.48. The number of carbonyl (C=O) groups is 1. The van der Waals surface area contributed by atoms with Gasteiger partial charge in [-0.15, -0.1) is 0 Å². The first kappa shape index (κ1) is 18.0. The second kappa shape index (κ2) is 8.46. The molecular formula is C19H30N2O2. The summed E-state index contributed by atoms with van der Waals surface area (Å²) in [6, 6.07) is 4.27. The van der Waals surface area contributed by atoms with Gasteiger partial charge in [0.25, 0.3) is 0 Å². The van der Waals surface area contributed by atoms with Crippen LogP contribution in [0.3, 0.4) is 0 Å².